The van der Waals surface area contributed by atoms with Crippen LogP contribution >= 0.6 is 43.2 Å². The fourth-order valence-electron chi connectivity index (χ4n) is 2.39. The number of aryl methyl sites for hydroxylation is 1. The second-order valence-corrected chi connectivity index (χ2v) is 7.93. The van der Waals surface area contributed by atoms with E-state index in [2.05, 4.69) is 37.2 Å². The maximum atomic E-state index is 12.3. The van der Waals surface area contributed by atoms with Crippen molar-refractivity contribution in [2.45, 2.75) is 44.6 Å². The molecule has 1 heterocycles. The van der Waals surface area contributed by atoms with Crippen LogP contribution in [0.15, 0.2) is 9.85 Å². The summed E-state index contributed by atoms with van der Waals surface area (Å²) in [6, 6.07) is 1.95. The van der Waals surface area contributed by atoms with Gasteiger partial charge in [-0.05, 0) is 47.3 Å². The number of hydrogen-bond acceptors (Lipinski definition) is 2. The molecule has 5 heteroatoms. The molecule has 1 aromatic rings. The number of carbonyl (C=O) groups excluding carboxylic acids is 1. The molecule has 100 valence electrons. The molecule has 0 spiro atoms. The van der Waals surface area contributed by atoms with Crippen LogP contribution in [-0.2, 0) is 0 Å². The van der Waals surface area contributed by atoms with Gasteiger partial charge in [-0.15, -0.1) is 11.3 Å². The van der Waals surface area contributed by atoms with E-state index in [9.17, 15) is 4.79 Å². The first-order chi connectivity index (χ1) is 8.56. The van der Waals surface area contributed by atoms with Gasteiger partial charge in [-0.2, -0.15) is 0 Å². The molecule has 1 amide bonds. The molecule has 0 radical (unpaired) electrons. The quantitative estimate of drug-likeness (QED) is 0.743. The summed E-state index contributed by atoms with van der Waals surface area (Å²) in [6.07, 6.45) is 5.86. The number of hydrogen-bond donors (Lipinski definition) is 1. The van der Waals surface area contributed by atoms with Crippen LogP contribution in [0, 0.1) is 6.92 Å². The van der Waals surface area contributed by atoms with E-state index in [0.717, 1.165) is 32.4 Å². The second kappa shape index (κ2) is 6.06. The molecule has 1 aliphatic carbocycles. The Balaban J connectivity index is 2.09. The summed E-state index contributed by atoms with van der Waals surface area (Å²) in [5.74, 6) is 0.0650. The maximum absolute atomic E-state index is 12.3. The van der Waals surface area contributed by atoms with Crippen molar-refractivity contribution >= 4 is 49.1 Å². The third kappa shape index (κ3) is 3.17. The van der Waals surface area contributed by atoms with E-state index in [0.29, 0.717) is 0 Å². The van der Waals surface area contributed by atoms with Crippen molar-refractivity contribution in [3.63, 3.8) is 0 Å². The Hall–Kier alpha value is 0.130. The van der Waals surface area contributed by atoms with Gasteiger partial charge in [-0.25, -0.2) is 0 Å². The molecule has 0 atom stereocenters. The molecule has 18 heavy (non-hydrogen) atoms. The predicted molar refractivity (Wildman–Crippen MR) is 83.8 cm³/mol. The van der Waals surface area contributed by atoms with Crippen molar-refractivity contribution in [1.82, 2.24) is 5.32 Å². The van der Waals surface area contributed by atoms with Gasteiger partial charge in [0.05, 0.1) is 14.2 Å². The van der Waals surface area contributed by atoms with Gasteiger partial charge < -0.3 is 5.32 Å². The van der Waals surface area contributed by atoms with Gasteiger partial charge >= 0.3 is 0 Å². The lowest BCUT2D eigenvalue weighted by atomic mass is 9.83. The molecule has 1 fully saturated rings. The Morgan fingerprint density at radius 1 is 1.44 bits per heavy atom. The Kier molecular flexibility index (Phi) is 4.89. The fraction of sp³-hybridized carbons (Fsp3) is 0.615. The number of rotatable bonds is 3. The van der Waals surface area contributed by atoms with Gasteiger partial charge in [0.15, 0.2) is 0 Å². The summed E-state index contributed by atoms with van der Waals surface area (Å²) >= 11 is 8.55. The van der Waals surface area contributed by atoms with Crippen molar-refractivity contribution in [2.75, 3.05) is 5.33 Å². The molecular weight excluding hydrogens is 378 g/mol. The molecule has 2 nitrogen and oxygen atoms in total. The highest BCUT2D eigenvalue weighted by Crippen LogP contribution is 2.32. The van der Waals surface area contributed by atoms with Crippen molar-refractivity contribution < 1.29 is 4.79 Å². The van der Waals surface area contributed by atoms with Crippen LogP contribution < -0.4 is 5.32 Å². The first kappa shape index (κ1) is 14.5. The van der Waals surface area contributed by atoms with E-state index in [4.69, 9.17) is 0 Å². The summed E-state index contributed by atoms with van der Waals surface area (Å²) in [4.78, 5) is 13.1. The standard InChI is InChI=1S/C13H17Br2NOS/c1-9-7-10(18-11(9)15)12(17)16-13(8-14)5-3-2-4-6-13/h7H,2-6,8H2,1H3,(H,16,17). The summed E-state index contributed by atoms with van der Waals surface area (Å²) in [7, 11) is 0. The van der Waals surface area contributed by atoms with E-state index < -0.39 is 0 Å². The number of amides is 1. The lowest BCUT2D eigenvalue weighted by molar-refractivity contribution is 0.0890. The largest absolute Gasteiger partial charge is 0.345 e. The Labute approximate surface area is 129 Å². The molecule has 1 aliphatic rings. The second-order valence-electron chi connectivity index (χ2n) is 5.00. The van der Waals surface area contributed by atoms with Gasteiger partial charge in [0.2, 0.25) is 0 Å². The molecule has 0 aromatic carbocycles. The van der Waals surface area contributed by atoms with Crippen molar-refractivity contribution in [1.29, 1.82) is 0 Å². The van der Waals surface area contributed by atoms with Crippen molar-refractivity contribution in [3.8, 4) is 0 Å². The fourth-order valence-corrected chi connectivity index (χ4v) is 4.53. The van der Waals surface area contributed by atoms with Crippen LogP contribution in [-0.4, -0.2) is 16.8 Å². The third-order valence-corrected chi connectivity index (χ3v) is 6.73. The van der Waals surface area contributed by atoms with Crippen LogP contribution in [0.5, 0.6) is 0 Å². The molecule has 0 saturated heterocycles. The molecule has 1 saturated carbocycles. The highest BCUT2D eigenvalue weighted by atomic mass is 79.9. The van der Waals surface area contributed by atoms with Gasteiger partial charge in [0, 0.05) is 5.33 Å². The lowest BCUT2D eigenvalue weighted by Gasteiger charge is -2.36. The maximum Gasteiger partial charge on any atom is 0.261 e. The van der Waals surface area contributed by atoms with Crippen molar-refractivity contribution in [3.05, 3.63) is 20.3 Å². The molecule has 0 unspecified atom stereocenters. The number of carbonyl (C=O) groups is 1. The van der Waals surface area contributed by atoms with E-state index in [1.807, 2.05) is 13.0 Å². The molecule has 0 bridgehead atoms. The van der Waals surface area contributed by atoms with Gasteiger partial charge in [-0.3, -0.25) is 4.79 Å². The topological polar surface area (TPSA) is 29.1 Å². The minimum atomic E-state index is -0.0420. The molecule has 1 aromatic heterocycles. The minimum Gasteiger partial charge on any atom is -0.345 e. The Morgan fingerprint density at radius 2 is 2.11 bits per heavy atom. The lowest BCUT2D eigenvalue weighted by Crippen LogP contribution is -2.51. The highest BCUT2D eigenvalue weighted by molar-refractivity contribution is 9.11. The smallest absolute Gasteiger partial charge is 0.261 e. The van der Waals surface area contributed by atoms with Crippen LogP contribution in [0.3, 0.4) is 0 Å². The van der Waals surface area contributed by atoms with Crippen LogP contribution in [0.25, 0.3) is 0 Å². The van der Waals surface area contributed by atoms with E-state index in [-0.39, 0.29) is 11.4 Å². The van der Waals surface area contributed by atoms with Gasteiger partial charge in [-0.1, -0.05) is 35.2 Å². The monoisotopic (exact) mass is 393 g/mol. The summed E-state index contributed by atoms with van der Waals surface area (Å²) in [5, 5.41) is 4.09. The Bertz CT molecular complexity index is 419. The third-order valence-electron chi connectivity index (χ3n) is 3.53. The predicted octanol–water partition coefficient (Wildman–Crippen LogP) is 4.65. The molecule has 2 rings (SSSR count). The first-order valence-corrected chi connectivity index (χ1v) is 8.94. The average molecular weight is 395 g/mol. The zero-order chi connectivity index (χ0) is 13.2. The number of halogens is 2. The summed E-state index contributed by atoms with van der Waals surface area (Å²) < 4.78 is 1.05. The summed E-state index contributed by atoms with van der Waals surface area (Å²) in [6.45, 7) is 2.01. The molecule has 0 aliphatic heterocycles. The molecular formula is C13H17Br2NOS. The van der Waals surface area contributed by atoms with Gasteiger partial charge in [0.25, 0.3) is 5.91 Å². The SMILES string of the molecule is Cc1cc(C(=O)NC2(CBr)CCCCC2)sc1Br. The normalized spacial score (nSPS) is 18.6. The van der Waals surface area contributed by atoms with E-state index >= 15 is 0 Å². The number of alkyl halides is 1. The van der Waals surface area contributed by atoms with Gasteiger partial charge in [0.1, 0.15) is 0 Å². The molecule has 1 N–H and O–H groups in total. The zero-order valence-electron chi connectivity index (χ0n) is 10.4. The zero-order valence-corrected chi connectivity index (χ0v) is 14.4. The first-order valence-electron chi connectivity index (χ1n) is 6.21. The number of thiophene rings is 1. The average Bonchev–Trinajstić information content (AvgIpc) is 2.71. The minimum absolute atomic E-state index is 0.0420. The highest BCUT2D eigenvalue weighted by Gasteiger charge is 2.33. The van der Waals surface area contributed by atoms with Crippen molar-refractivity contribution in [2.24, 2.45) is 0 Å². The van der Waals surface area contributed by atoms with E-state index in [1.165, 1.54) is 30.6 Å². The van der Waals surface area contributed by atoms with Crippen LogP contribution in [0.1, 0.15) is 47.3 Å². The van der Waals surface area contributed by atoms with Crippen LogP contribution in [0.4, 0.5) is 0 Å². The van der Waals surface area contributed by atoms with Crippen LogP contribution in [0.2, 0.25) is 0 Å². The Morgan fingerprint density at radius 3 is 2.61 bits per heavy atom. The summed E-state index contributed by atoms with van der Waals surface area (Å²) in [5.41, 5.74) is 1.08. The van der Waals surface area contributed by atoms with E-state index in [1.54, 1.807) is 0 Å². The number of nitrogens with one attached hydrogen (secondary N) is 1.